The zero-order valence-electron chi connectivity index (χ0n) is 5.86. The zero-order chi connectivity index (χ0) is 8.10. The van der Waals surface area contributed by atoms with Crippen molar-refractivity contribution in [2.45, 2.75) is 0 Å². The summed E-state index contributed by atoms with van der Waals surface area (Å²) < 4.78 is 4.90. The van der Waals surface area contributed by atoms with Crippen LogP contribution >= 0.6 is 0 Å². The fourth-order valence-corrected chi connectivity index (χ4v) is 0.572. The third kappa shape index (κ3) is 2.40. The molecule has 0 saturated heterocycles. The molecule has 0 fully saturated rings. The lowest BCUT2D eigenvalue weighted by molar-refractivity contribution is 0.0118. The van der Waals surface area contributed by atoms with E-state index >= 15 is 0 Å². The lowest BCUT2D eigenvalue weighted by atomic mass is 10.4. The van der Waals surface area contributed by atoms with E-state index in [2.05, 4.69) is 9.82 Å². The second-order valence-electron chi connectivity index (χ2n) is 1.86. The zero-order valence-corrected chi connectivity index (χ0v) is 5.86. The highest BCUT2D eigenvalue weighted by Gasteiger charge is 1.92. The molecule has 0 radical (unpaired) electrons. The highest BCUT2D eigenvalue weighted by atomic mass is 16.7. The smallest absolute Gasteiger partial charge is 0.215 e. The van der Waals surface area contributed by atoms with E-state index in [-0.39, 0.29) is 6.79 Å². The monoisotopic (exact) mass is 155 g/mol. The van der Waals surface area contributed by atoms with Crippen molar-refractivity contribution in [2.24, 2.45) is 5.90 Å². The molecule has 0 aliphatic heterocycles. The van der Waals surface area contributed by atoms with Crippen LogP contribution in [0.5, 0.6) is 5.88 Å². The topological polar surface area (TPSA) is 83.4 Å². The van der Waals surface area contributed by atoms with Crippen LogP contribution in [-0.4, -0.2) is 11.8 Å². The van der Waals surface area contributed by atoms with Crippen molar-refractivity contribution in [3.63, 3.8) is 0 Å². The molecule has 4 N–H and O–H groups in total. The lowest BCUT2D eigenvalue weighted by Crippen LogP contribution is -2.08. The van der Waals surface area contributed by atoms with Crippen LogP contribution in [-0.2, 0) is 4.84 Å². The van der Waals surface area contributed by atoms with Crippen LogP contribution in [0, 0.1) is 0 Å². The van der Waals surface area contributed by atoms with Crippen molar-refractivity contribution in [1.29, 1.82) is 0 Å². The summed E-state index contributed by atoms with van der Waals surface area (Å²) in [6.45, 7) is -0.0169. The molecule has 0 aromatic carbocycles. The maximum atomic E-state index is 5.38. The fraction of sp³-hybridized carbons (Fsp3) is 0.167. The molecule has 1 rings (SSSR count). The first kappa shape index (κ1) is 7.77. The van der Waals surface area contributed by atoms with Crippen molar-refractivity contribution in [3.05, 3.63) is 18.3 Å². The van der Waals surface area contributed by atoms with Crippen molar-refractivity contribution in [3.8, 4) is 5.88 Å². The first-order valence-corrected chi connectivity index (χ1v) is 2.99. The summed E-state index contributed by atoms with van der Waals surface area (Å²) in [4.78, 5) is 8.02. The van der Waals surface area contributed by atoms with Crippen molar-refractivity contribution in [1.82, 2.24) is 4.98 Å². The Bertz CT molecular complexity index is 212. The molecule has 0 spiro atoms. The highest BCUT2D eigenvalue weighted by Crippen LogP contribution is 2.07. The number of anilines is 1. The number of rotatable bonds is 3. The summed E-state index contributed by atoms with van der Waals surface area (Å²) in [6, 6.07) is 3.31. The normalized spacial score (nSPS) is 9.55. The molecule has 1 aromatic heterocycles. The van der Waals surface area contributed by atoms with Gasteiger partial charge < -0.3 is 10.5 Å². The highest BCUT2D eigenvalue weighted by molar-refractivity contribution is 5.35. The number of aromatic nitrogens is 1. The Kier molecular flexibility index (Phi) is 2.65. The van der Waals surface area contributed by atoms with Gasteiger partial charge in [-0.2, -0.15) is 0 Å². The molecule has 11 heavy (non-hydrogen) atoms. The van der Waals surface area contributed by atoms with E-state index in [0.29, 0.717) is 11.6 Å². The minimum atomic E-state index is -0.0169. The predicted molar refractivity (Wildman–Crippen MR) is 39.4 cm³/mol. The van der Waals surface area contributed by atoms with Gasteiger partial charge in [0.1, 0.15) is 0 Å². The van der Waals surface area contributed by atoms with Crippen molar-refractivity contribution < 1.29 is 9.57 Å². The molecule has 60 valence electrons. The third-order valence-corrected chi connectivity index (χ3v) is 1.03. The van der Waals surface area contributed by atoms with E-state index in [1.54, 1.807) is 12.1 Å². The van der Waals surface area contributed by atoms with E-state index in [0.717, 1.165) is 0 Å². The van der Waals surface area contributed by atoms with E-state index in [1.807, 2.05) is 0 Å². The van der Waals surface area contributed by atoms with Crippen molar-refractivity contribution in [2.75, 3.05) is 12.5 Å². The molecule has 0 bridgehead atoms. The second kappa shape index (κ2) is 3.75. The van der Waals surface area contributed by atoms with E-state index < -0.39 is 0 Å². The van der Waals surface area contributed by atoms with Crippen LogP contribution < -0.4 is 16.4 Å². The summed E-state index contributed by atoms with van der Waals surface area (Å²) in [7, 11) is 0. The minimum Gasteiger partial charge on any atom is -0.449 e. The Balaban J connectivity index is 2.52. The summed E-state index contributed by atoms with van der Waals surface area (Å²) in [5.74, 6) is 5.16. The molecule has 0 saturated carbocycles. The third-order valence-electron chi connectivity index (χ3n) is 1.03. The molecule has 0 aliphatic rings. The standard InChI is InChI=1S/C6H9N3O2/c7-5-1-2-6(9-3-5)10-4-11-8/h1-3H,4,7-8H2. The van der Waals surface area contributed by atoms with Gasteiger partial charge in [0, 0.05) is 6.07 Å². The Morgan fingerprint density at radius 2 is 2.27 bits per heavy atom. The van der Waals surface area contributed by atoms with Crippen LogP contribution in [0.1, 0.15) is 0 Å². The summed E-state index contributed by atoms with van der Waals surface area (Å²) in [6.07, 6.45) is 1.49. The molecule has 5 heteroatoms. The minimum absolute atomic E-state index is 0.0169. The fourth-order valence-electron chi connectivity index (χ4n) is 0.572. The molecular weight excluding hydrogens is 146 g/mol. The summed E-state index contributed by atoms with van der Waals surface area (Å²) in [5, 5.41) is 0. The average molecular weight is 155 g/mol. The largest absolute Gasteiger partial charge is 0.449 e. The first-order chi connectivity index (χ1) is 5.33. The number of nitrogens with zero attached hydrogens (tertiary/aromatic N) is 1. The van der Waals surface area contributed by atoms with Crippen LogP contribution in [0.4, 0.5) is 5.69 Å². The maximum absolute atomic E-state index is 5.38. The number of pyridine rings is 1. The Morgan fingerprint density at radius 3 is 2.82 bits per heavy atom. The van der Waals surface area contributed by atoms with Gasteiger partial charge in [-0.15, -0.1) is 0 Å². The van der Waals surface area contributed by atoms with Gasteiger partial charge in [-0.3, -0.25) is 4.84 Å². The quantitative estimate of drug-likeness (QED) is 0.470. The number of ether oxygens (including phenoxy) is 1. The Hall–Kier alpha value is -1.33. The van der Waals surface area contributed by atoms with Crippen LogP contribution in [0.25, 0.3) is 0 Å². The Labute approximate surface area is 63.9 Å². The molecule has 1 heterocycles. The van der Waals surface area contributed by atoms with Gasteiger partial charge in [-0.25, -0.2) is 10.9 Å². The van der Waals surface area contributed by atoms with Crippen LogP contribution in [0.15, 0.2) is 18.3 Å². The van der Waals surface area contributed by atoms with Gasteiger partial charge in [0.25, 0.3) is 0 Å². The molecule has 0 unspecified atom stereocenters. The molecule has 5 nitrogen and oxygen atoms in total. The van der Waals surface area contributed by atoms with E-state index in [1.165, 1.54) is 6.20 Å². The van der Waals surface area contributed by atoms with Crippen molar-refractivity contribution >= 4 is 5.69 Å². The molecule has 0 atom stereocenters. The van der Waals surface area contributed by atoms with Gasteiger partial charge in [0.05, 0.1) is 11.9 Å². The molecule has 0 amide bonds. The molecule has 1 aromatic rings. The first-order valence-electron chi connectivity index (χ1n) is 2.99. The number of nitrogen functional groups attached to an aromatic ring is 1. The Morgan fingerprint density at radius 1 is 1.45 bits per heavy atom. The number of hydrogen-bond acceptors (Lipinski definition) is 5. The molecular formula is C6H9N3O2. The predicted octanol–water partition coefficient (Wildman–Crippen LogP) is -0.110. The van der Waals surface area contributed by atoms with E-state index in [4.69, 9.17) is 16.4 Å². The van der Waals surface area contributed by atoms with Gasteiger partial charge in [-0.1, -0.05) is 0 Å². The molecule has 0 aliphatic carbocycles. The van der Waals surface area contributed by atoms with Crippen LogP contribution in [0.3, 0.4) is 0 Å². The van der Waals surface area contributed by atoms with Gasteiger partial charge in [0.15, 0.2) is 0 Å². The maximum Gasteiger partial charge on any atom is 0.215 e. The second-order valence-corrected chi connectivity index (χ2v) is 1.86. The average Bonchev–Trinajstić information content (AvgIpc) is 2.04. The van der Waals surface area contributed by atoms with Gasteiger partial charge in [0.2, 0.25) is 12.7 Å². The van der Waals surface area contributed by atoms with E-state index in [9.17, 15) is 0 Å². The summed E-state index contributed by atoms with van der Waals surface area (Å²) >= 11 is 0. The SMILES string of the molecule is NOCOc1ccc(N)cn1. The van der Waals surface area contributed by atoms with Gasteiger partial charge in [-0.05, 0) is 6.07 Å². The van der Waals surface area contributed by atoms with Crippen LogP contribution in [0.2, 0.25) is 0 Å². The number of nitrogens with two attached hydrogens (primary N) is 2. The lowest BCUT2D eigenvalue weighted by Gasteiger charge is -2.01. The number of hydrogen-bond donors (Lipinski definition) is 2. The summed E-state index contributed by atoms with van der Waals surface area (Å²) in [5.41, 5.74) is 5.97. The van der Waals surface area contributed by atoms with Gasteiger partial charge >= 0.3 is 0 Å².